The summed E-state index contributed by atoms with van der Waals surface area (Å²) in [6.07, 6.45) is 5.40. The van der Waals surface area contributed by atoms with Crippen LogP contribution in [0.3, 0.4) is 0 Å². The highest BCUT2D eigenvalue weighted by molar-refractivity contribution is 5.99. The van der Waals surface area contributed by atoms with Gasteiger partial charge >= 0.3 is 0 Å². The average molecular weight is 361 g/mol. The molecule has 1 aliphatic carbocycles. The molecule has 2 atom stereocenters. The van der Waals surface area contributed by atoms with Gasteiger partial charge in [0.1, 0.15) is 5.56 Å². The van der Waals surface area contributed by atoms with Crippen LogP contribution in [0.4, 0.5) is 11.4 Å². The van der Waals surface area contributed by atoms with Crippen LogP contribution in [0.5, 0.6) is 0 Å². The summed E-state index contributed by atoms with van der Waals surface area (Å²) in [6.45, 7) is 3.94. The molecule has 7 nitrogen and oxygen atoms in total. The molecule has 26 heavy (non-hydrogen) atoms. The smallest absolute Gasteiger partial charge is 0.282 e. The standard InChI is InChI=1S/C19H27N3O4/c1-19(9-3-2-6-17(19)23)13-20-14-7-8-16(22(25)26)15(12-14)18(24)21-10-4-5-11-21/h7-8,12,17,20,23H,2-6,9-11,13H2,1H3. The molecule has 1 saturated heterocycles. The fraction of sp³-hybridized carbons (Fsp3) is 0.632. The van der Waals surface area contributed by atoms with E-state index in [1.54, 1.807) is 17.0 Å². The fourth-order valence-corrected chi connectivity index (χ4v) is 3.96. The summed E-state index contributed by atoms with van der Waals surface area (Å²) < 4.78 is 0. The van der Waals surface area contributed by atoms with Crippen LogP contribution in [0, 0.1) is 15.5 Å². The minimum Gasteiger partial charge on any atom is -0.392 e. The van der Waals surface area contributed by atoms with Gasteiger partial charge in [0.2, 0.25) is 0 Å². The van der Waals surface area contributed by atoms with E-state index in [2.05, 4.69) is 12.2 Å². The summed E-state index contributed by atoms with van der Waals surface area (Å²) in [6, 6.07) is 4.61. The van der Waals surface area contributed by atoms with Crippen LogP contribution in [0.15, 0.2) is 18.2 Å². The van der Waals surface area contributed by atoms with Gasteiger partial charge in [0.25, 0.3) is 11.6 Å². The van der Waals surface area contributed by atoms with Crippen molar-refractivity contribution in [1.82, 2.24) is 4.90 Å². The minimum absolute atomic E-state index is 0.135. The third-order valence-corrected chi connectivity index (χ3v) is 5.79. The van der Waals surface area contributed by atoms with Gasteiger partial charge in [-0.2, -0.15) is 0 Å². The summed E-state index contributed by atoms with van der Waals surface area (Å²) in [5.74, 6) is -0.276. The van der Waals surface area contributed by atoms with Crippen LogP contribution in [0.25, 0.3) is 0 Å². The van der Waals surface area contributed by atoms with Gasteiger partial charge < -0.3 is 15.3 Å². The lowest BCUT2D eigenvalue weighted by molar-refractivity contribution is -0.385. The number of aliphatic hydroxyl groups excluding tert-OH is 1. The molecule has 0 spiro atoms. The average Bonchev–Trinajstić information content (AvgIpc) is 3.16. The number of likely N-dealkylation sites (tertiary alicyclic amines) is 1. The predicted octanol–water partition coefficient (Wildman–Crippen LogP) is 3.18. The van der Waals surface area contributed by atoms with Crippen molar-refractivity contribution >= 4 is 17.3 Å². The summed E-state index contributed by atoms with van der Waals surface area (Å²) >= 11 is 0. The Hall–Kier alpha value is -2.15. The molecular formula is C19H27N3O4. The molecule has 3 rings (SSSR count). The Labute approximate surface area is 153 Å². The molecule has 1 amide bonds. The Morgan fingerprint density at radius 3 is 2.73 bits per heavy atom. The first-order valence-electron chi connectivity index (χ1n) is 9.40. The quantitative estimate of drug-likeness (QED) is 0.620. The molecule has 1 heterocycles. The second-order valence-electron chi connectivity index (χ2n) is 7.76. The normalized spacial score (nSPS) is 25.9. The molecule has 0 bridgehead atoms. The first kappa shape index (κ1) is 18.6. The van der Waals surface area contributed by atoms with E-state index < -0.39 is 4.92 Å². The van der Waals surface area contributed by atoms with Crippen LogP contribution in [-0.2, 0) is 0 Å². The molecule has 2 N–H and O–H groups in total. The largest absolute Gasteiger partial charge is 0.392 e. The number of rotatable bonds is 5. The van der Waals surface area contributed by atoms with Crippen molar-refractivity contribution in [2.45, 2.75) is 51.6 Å². The summed E-state index contributed by atoms with van der Waals surface area (Å²) in [4.78, 5) is 25.2. The fourth-order valence-electron chi connectivity index (χ4n) is 3.96. The van der Waals surface area contributed by atoms with Crippen LogP contribution in [-0.4, -0.2) is 46.6 Å². The van der Waals surface area contributed by atoms with Gasteiger partial charge in [-0.1, -0.05) is 19.8 Å². The summed E-state index contributed by atoms with van der Waals surface area (Å²) in [7, 11) is 0. The molecule has 1 saturated carbocycles. The Bertz CT molecular complexity index is 687. The molecule has 1 aromatic rings. The van der Waals surface area contributed by atoms with E-state index in [0.717, 1.165) is 38.5 Å². The molecule has 142 valence electrons. The lowest BCUT2D eigenvalue weighted by Gasteiger charge is -2.38. The number of carbonyl (C=O) groups is 1. The van der Waals surface area contributed by atoms with Crippen LogP contribution in [0.2, 0.25) is 0 Å². The van der Waals surface area contributed by atoms with Gasteiger partial charge in [0.15, 0.2) is 0 Å². The van der Waals surface area contributed by atoms with Crippen molar-refractivity contribution in [3.63, 3.8) is 0 Å². The van der Waals surface area contributed by atoms with Gasteiger partial charge in [-0.05, 0) is 37.8 Å². The van der Waals surface area contributed by atoms with Crippen molar-refractivity contribution in [3.05, 3.63) is 33.9 Å². The third-order valence-electron chi connectivity index (χ3n) is 5.79. The molecule has 1 aromatic carbocycles. The predicted molar refractivity (Wildman–Crippen MR) is 99.3 cm³/mol. The lowest BCUT2D eigenvalue weighted by Crippen LogP contribution is -2.41. The Balaban J connectivity index is 1.79. The first-order valence-corrected chi connectivity index (χ1v) is 9.40. The van der Waals surface area contributed by atoms with Crippen molar-refractivity contribution < 1.29 is 14.8 Å². The topological polar surface area (TPSA) is 95.7 Å². The number of aliphatic hydroxyl groups is 1. The highest BCUT2D eigenvalue weighted by atomic mass is 16.6. The molecule has 7 heteroatoms. The Morgan fingerprint density at radius 2 is 2.08 bits per heavy atom. The van der Waals surface area contributed by atoms with E-state index in [9.17, 15) is 20.0 Å². The second kappa shape index (κ2) is 7.61. The number of hydrogen-bond acceptors (Lipinski definition) is 5. The van der Waals surface area contributed by atoms with Gasteiger partial charge in [0, 0.05) is 36.8 Å². The number of anilines is 1. The minimum atomic E-state index is -0.501. The number of nitro benzene ring substituents is 1. The van der Waals surface area contributed by atoms with Crippen molar-refractivity contribution in [2.24, 2.45) is 5.41 Å². The molecule has 1 aliphatic heterocycles. The second-order valence-corrected chi connectivity index (χ2v) is 7.76. The van der Waals surface area contributed by atoms with E-state index in [-0.39, 0.29) is 28.7 Å². The number of benzene rings is 1. The lowest BCUT2D eigenvalue weighted by atomic mass is 9.73. The number of hydrogen-bond donors (Lipinski definition) is 2. The maximum absolute atomic E-state index is 12.7. The highest BCUT2D eigenvalue weighted by Gasteiger charge is 2.35. The SMILES string of the molecule is CC1(CNc2ccc([N+](=O)[O-])c(C(=O)N3CCCC3)c2)CCCCC1O. The maximum Gasteiger partial charge on any atom is 0.282 e. The number of carbonyl (C=O) groups excluding carboxylic acids is 1. The number of nitro groups is 1. The van der Waals surface area contributed by atoms with Gasteiger partial charge in [-0.3, -0.25) is 14.9 Å². The molecule has 2 aliphatic rings. The highest BCUT2D eigenvalue weighted by Crippen LogP contribution is 2.36. The third kappa shape index (κ3) is 3.82. The van der Waals surface area contributed by atoms with Crippen molar-refractivity contribution in [3.8, 4) is 0 Å². The van der Waals surface area contributed by atoms with Crippen LogP contribution in [0.1, 0.15) is 55.8 Å². The number of amides is 1. The molecule has 0 radical (unpaired) electrons. The molecule has 0 aromatic heterocycles. The molecular weight excluding hydrogens is 334 g/mol. The zero-order valence-corrected chi connectivity index (χ0v) is 15.2. The zero-order valence-electron chi connectivity index (χ0n) is 15.2. The summed E-state index contributed by atoms with van der Waals surface area (Å²) in [5.41, 5.74) is 0.434. The van der Waals surface area contributed by atoms with Crippen LogP contribution >= 0.6 is 0 Å². The zero-order chi connectivity index (χ0) is 18.7. The van der Waals surface area contributed by atoms with Crippen molar-refractivity contribution in [2.75, 3.05) is 25.0 Å². The Morgan fingerprint density at radius 1 is 1.35 bits per heavy atom. The maximum atomic E-state index is 12.7. The van der Waals surface area contributed by atoms with E-state index in [1.807, 2.05) is 0 Å². The van der Waals surface area contributed by atoms with Gasteiger partial charge in [-0.25, -0.2) is 0 Å². The first-order chi connectivity index (χ1) is 12.4. The summed E-state index contributed by atoms with van der Waals surface area (Å²) in [5, 5.41) is 24.9. The van der Waals surface area contributed by atoms with E-state index in [1.165, 1.54) is 6.07 Å². The molecule has 2 fully saturated rings. The van der Waals surface area contributed by atoms with Gasteiger partial charge in [0.05, 0.1) is 11.0 Å². The van der Waals surface area contributed by atoms with E-state index in [0.29, 0.717) is 25.3 Å². The monoisotopic (exact) mass is 361 g/mol. The van der Waals surface area contributed by atoms with E-state index >= 15 is 0 Å². The number of nitrogens with zero attached hydrogens (tertiary/aromatic N) is 2. The number of nitrogens with one attached hydrogen (secondary N) is 1. The van der Waals surface area contributed by atoms with Crippen LogP contribution < -0.4 is 5.32 Å². The molecule has 2 unspecified atom stereocenters. The van der Waals surface area contributed by atoms with Gasteiger partial charge in [-0.15, -0.1) is 0 Å². The van der Waals surface area contributed by atoms with Crippen molar-refractivity contribution in [1.29, 1.82) is 0 Å². The Kier molecular flexibility index (Phi) is 5.46. The van der Waals surface area contributed by atoms with E-state index in [4.69, 9.17) is 0 Å².